The first-order valence-corrected chi connectivity index (χ1v) is 14.2. The van der Waals surface area contributed by atoms with Crippen LogP contribution in [0.2, 0.25) is 5.02 Å². The van der Waals surface area contributed by atoms with Crippen LogP contribution in [-0.2, 0) is 21.2 Å². The second-order valence-corrected chi connectivity index (χ2v) is 11.4. The Morgan fingerprint density at radius 3 is 2.50 bits per heavy atom. The molecule has 204 valence electrons. The number of nitrogens with zero attached hydrogens (tertiary/aromatic N) is 2. The average molecular weight is 577 g/mol. The number of amides is 2. The van der Waals surface area contributed by atoms with Crippen LogP contribution in [0.25, 0.3) is 11.3 Å². The van der Waals surface area contributed by atoms with Crippen molar-refractivity contribution in [3.05, 3.63) is 101 Å². The Morgan fingerprint density at radius 1 is 1.05 bits per heavy atom. The quantitative estimate of drug-likeness (QED) is 0.304. The standard InChI is InChI=1S/C29H25ClN4O5S/c1-17-4-3-5-20(14-17)32-28(35)25-15-19(6-12-26(25)30)27-13-9-22(39-27)16-24-18(2)33-34(29(24)36)21-7-10-23(11-8-21)40(31,37)38/h3-15,24H,16H2,1-2H3,(H,32,35)(H2,31,37,38). The molecule has 0 bridgehead atoms. The maximum atomic E-state index is 13.2. The van der Waals surface area contributed by atoms with Crippen molar-refractivity contribution in [3.8, 4) is 11.3 Å². The number of benzene rings is 3. The van der Waals surface area contributed by atoms with Crippen molar-refractivity contribution in [2.75, 3.05) is 10.3 Å². The normalized spacial score (nSPS) is 15.3. The van der Waals surface area contributed by atoms with Gasteiger partial charge in [-0.3, -0.25) is 9.59 Å². The molecule has 0 spiro atoms. The van der Waals surface area contributed by atoms with E-state index in [2.05, 4.69) is 10.4 Å². The van der Waals surface area contributed by atoms with Crippen LogP contribution < -0.4 is 15.5 Å². The lowest BCUT2D eigenvalue weighted by atomic mass is 9.99. The molecule has 1 aromatic heterocycles. The SMILES string of the molecule is CC1=NN(c2ccc(S(N)(=O)=O)cc2)C(=O)C1Cc1ccc(-c2ccc(Cl)c(C(=O)Nc3cccc(C)c3)c2)o1. The number of aryl methyl sites for hydroxylation is 1. The molecule has 3 aromatic carbocycles. The molecule has 40 heavy (non-hydrogen) atoms. The van der Waals surface area contributed by atoms with E-state index in [1.165, 1.54) is 29.3 Å². The number of rotatable bonds is 7. The predicted molar refractivity (Wildman–Crippen MR) is 154 cm³/mol. The highest BCUT2D eigenvalue weighted by molar-refractivity contribution is 7.89. The number of furan rings is 1. The van der Waals surface area contributed by atoms with Crippen LogP contribution in [0.4, 0.5) is 11.4 Å². The van der Waals surface area contributed by atoms with Gasteiger partial charge < -0.3 is 9.73 Å². The van der Waals surface area contributed by atoms with Crippen molar-refractivity contribution in [1.82, 2.24) is 0 Å². The van der Waals surface area contributed by atoms with E-state index >= 15 is 0 Å². The van der Waals surface area contributed by atoms with E-state index in [1.54, 1.807) is 43.3 Å². The lowest BCUT2D eigenvalue weighted by Gasteiger charge is -2.14. The van der Waals surface area contributed by atoms with Gasteiger partial charge in [0.25, 0.3) is 11.8 Å². The van der Waals surface area contributed by atoms with Crippen molar-refractivity contribution in [3.63, 3.8) is 0 Å². The zero-order chi connectivity index (χ0) is 28.6. The fourth-order valence-electron chi connectivity index (χ4n) is 4.42. The maximum Gasteiger partial charge on any atom is 0.257 e. The summed E-state index contributed by atoms with van der Waals surface area (Å²) in [4.78, 5) is 26.1. The Morgan fingerprint density at radius 2 is 1.80 bits per heavy atom. The number of primary sulfonamides is 1. The molecule has 1 atom stereocenters. The minimum atomic E-state index is -3.85. The predicted octanol–water partition coefficient (Wildman–Crippen LogP) is 5.39. The third-order valence-corrected chi connectivity index (χ3v) is 7.78. The molecule has 1 aliphatic heterocycles. The van der Waals surface area contributed by atoms with Gasteiger partial charge in [-0.05, 0) is 86.1 Å². The number of nitrogens with one attached hydrogen (secondary N) is 1. The molecule has 0 aliphatic carbocycles. The molecule has 2 amide bonds. The van der Waals surface area contributed by atoms with Crippen molar-refractivity contribution in [2.24, 2.45) is 16.2 Å². The number of hydrogen-bond donors (Lipinski definition) is 2. The van der Waals surface area contributed by atoms with Gasteiger partial charge in [0.15, 0.2) is 0 Å². The van der Waals surface area contributed by atoms with E-state index in [4.69, 9.17) is 21.2 Å². The number of anilines is 2. The first-order chi connectivity index (χ1) is 19.0. The van der Waals surface area contributed by atoms with E-state index in [0.717, 1.165) is 5.56 Å². The zero-order valence-electron chi connectivity index (χ0n) is 21.6. The Hall–Kier alpha value is -4.25. The number of carbonyl (C=O) groups is 2. The van der Waals surface area contributed by atoms with Gasteiger partial charge in [0, 0.05) is 23.4 Å². The Bertz CT molecular complexity index is 1760. The minimum Gasteiger partial charge on any atom is -0.461 e. The molecule has 9 nitrogen and oxygen atoms in total. The molecule has 11 heteroatoms. The summed E-state index contributed by atoms with van der Waals surface area (Å²) in [6, 6.07) is 21.7. The van der Waals surface area contributed by atoms with Crippen LogP contribution in [0.15, 0.2) is 93.3 Å². The Labute approximate surface area is 236 Å². The van der Waals surface area contributed by atoms with E-state index in [1.807, 2.05) is 25.1 Å². The van der Waals surface area contributed by atoms with Crippen molar-refractivity contribution in [1.29, 1.82) is 0 Å². The molecule has 0 saturated carbocycles. The molecule has 5 rings (SSSR count). The minimum absolute atomic E-state index is 0.0544. The summed E-state index contributed by atoms with van der Waals surface area (Å²) in [7, 11) is -3.85. The van der Waals surface area contributed by atoms with E-state index in [9.17, 15) is 18.0 Å². The number of hydrazone groups is 1. The highest BCUT2D eigenvalue weighted by atomic mass is 35.5. The second-order valence-electron chi connectivity index (χ2n) is 9.47. The fourth-order valence-corrected chi connectivity index (χ4v) is 5.14. The van der Waals surface area contributed by atoms with Crippen molar-refractivity contribution in [2.45, 2.75) is 25.2 Å². The summed E-state index contributed by atoms with van der Waals surface area (Å²) in [6.07, 6.45) is 0.272. The first-order valence-electron chi connectivity index (χ1n) is 12.3. The number of carbonyl (C=O) groups excluding carboxylic acids is 2. The largest absolute Gasteiger partial charge is 0.461 e. The third-order valence-electron chi connectivity index (χ3n) is 6.52. The molecule has 1 aliphatic rings. The highest BCUT2D eigenvalue weighted by Gasteiger charge is 2.35. The molecule has 4 aromatic rings. The van der Waals surface area contributed by atoms with E-state index < -0.39 is 15.9 Å². The zero-order valence-corrected chi connectivity index (χ0v) is 23.2. The number of nitrogens with two attached hydrogens (primary N) is 1. The van der Waals surface area contributed by atoms with Gasteiger partial charge in [0.2, 0.25) is 10.0 Å². The smallest absolute Gasteiger partial charge is 0.257 e. The van der Waals surface area contributed by atoms with Gasteiger partial charge in [-0.2, -0.15) is 5.10 Å². The molecule has 0 saturated heterocycles. The van der Waals surface area contributed by atoms with Crippen LogP contribution in [0.5, 0.6) is 0 Å². The summed E-state index contributed by atoms with van der Waals surface area (Å²) in [6.45, 7) is 3.69. The van der Waals surface area contributed by atoms with Crippen LogP contribution in [-0.4, -0.2) is 25.9 Å². The first kappa shape index (κ1) is 27.3. The highest BCUT2D eigenvalue weighted by Crippen LogP contribution is 2.31. The summed E-state index contributed by atoms with van der Waals surface area (Å²) in [5.74, 6) is -0.0789. The molecule has 3 N–H and O–H groups in total. The topological polar surface area (TPSA) is 135 Å². The monoisotopic (exact) mass is 576 g/mol. The number of halogens is 1. The summed E-state index contributed by atoms with van der Waals surface area (Å²) in [5.41, 5.74) is 3.67. The molecule has 0 radical (unpaired) electrons. The Balaban J connectivity index is 1.31. The van der Waals surface area contributed by atoms with Gasteiger partial charge >= 0.3 is 0 Å². The maximum absolute atomic E-state index is 13.2. The van der Waals surface area contributed by atoms with Gasteiger partial charge in [-0.1, -0.05) is 23.7 Å². The van der Waals surface area contributed by atoms with Crippen LogP contribution >= 0.6 is 11.6 Å². The number of hydrogen-bond acceptors (Lipinski definition) is 6. The average Bonchev–Trinajstić information content (AvgIpc) is 3.49. The lowest BCUT2D eigenvalue weighted by Crippen LogP contribution is -2.28. The van der Waals surface area contributed by atoms with Gasteiger partial charge in [0.05, 0.1) is 27.1 Å². The van der Waals surface area contributed by atoms with Crippen LogP contribution in [0.3, 0.4) is 0 Å². The van der Waals surface area contributed by atoms with Crippen molar-refractivity contribution >= 4 is 50.5 Å². The van der Waals surface area contributed by atoms with Crippen molar-refractivity contribution < 1.29 is 22.4 Å². The summed E-state index contributed by atoms with van der Waals surface area (Å²) in [5, 5.41) is 13.9. The molecule has 2 heterocycles. The van der Waals surface area contributed by atoms with Crippen LogP contribution in [0.1, 0.15) is 28.6 Å². The third kappa shape index (κ3) is 5.69. The van der Waals surface area contributed by atoms with E-state index in [-0.39, 0.29) is 23.1 Å². The van der Waals surface area contributed by atoms with Crippen LogP contribution in [0, 0.1) is 12.8 Å². The summed E-state index contributed by atoms with van der Waals surface area (Å²) >= 11 is 6.34. The van der Waals surface area contributed by atoms with Gasteiger partial charge in [-0.25, -0.2) is 18.6 Å². The second kappa shape index (κ2) is 10.7. The fraction of sp³-hybridized carbons (Fsp3) is 0.138. The molecular formula is C29H25ClN4O5S. The Kier molecular flexibility index (Phi) is 7.33. The summed E-state index contributed by atoms with van der Waals surface area (Å²) < 4.78 is 29.1. The number of sulfonamides is 1. The molecule has 1 unspecified atom stereocenters. The van der Waals surface area contributed by atoms with Gasteiger partial charge in [-0.15, -0.1) is 0 Å². The molecular weight excluding hydrogens is 552 g/mol. The van der Waals surface area contributed by atoms with Gasteiger partial charge in [0.1, 0.15) is 11.5 Å². The lowest BCUT2D eigenvalue weighted by molar-refractivity contribution is -0.119. The molecule has 0 fully saturated rings. The van der Waals surface area contributed by atoms with E-state index in [0.29, 0.717) is 44.8 Å².